The molecule has 6 heteroatoms. The number of hydrogen-bond donors (Lipinski definition) is 1. The van der Waals surface area contributed by atoms with E-state index in [9.17, 15) is 14.9 Å². The fourth-order valence-electron chi connectivity index (χ4n) is 3.02. The van der Waals surface area contributed by atoms with Gasteiger partial charge in [-0.05, 0) is 43.5 Å². The highest BCUT2D eigenvalue weighted by Crippen LogP contribution is 2.28. The minimum Gasteiger partial charge on any atom is -0.360 e. The molecule has 0 aliphatic carbocycles. The molecule has 124 valence electrons. The van der Waals surface area contributed by atoms with E-state index in [1.165, 1.54) is 17.7 Å². The van der Waals surface area contributed by atoms with Gasteiger partial charge in [-0.1, -0.05) is 18.2 Å². The van der Waals surface area contributed by atoms with Crippen LogP contribution in [-0.2, 0) is 11.2 Å². The molecule has 2 aromatic rings. The average Bonchev–Trinajstić information content (AvgIpc) is 2.61. The lowest BCUT2D eigenvalue weighted by atomic mass is 10.00. The Balaban J connectivity index is 1.72. The number of non-ortho nitro benzene ring substituents is 1. The standard InChI is InChI=1S/C18H19N3O3/c1-13(20-12-4-6-14-5-2-3-7-17(14)20)18(22)19-15-8-10-16(11-9-15)21(23)24/h2-3,5,7-11,13H,4,6,12H2,1H3,(H,19,22). The maximum absolute atomic E-state index is 12.6. The molecule has 1 amide bonds. The lowest BCUT2D eigenvalue weighted by Crippen LogP contribution is -2.44. The Labute approximate surface area is 140 Å². The summed E-state index contributed by atoms with van der Waals surface area (Å²) >= 11 is 0. The second-order valence-electron chi connectivity index (χ2n) is 5.89. The van der Waals surface area contributed by atoms with Crippen molar-refractivity contribution in [2.24, 2.45) is 0 Å². The first-order valence-electron chi connectivity index (χ1n) is 7.96. The molecule has 0 radical (unpaired) electrons. The smallest absolute Gasteiger partial charge is 0.269 e. The van der Waals surface area contributed by atoms with Crippen LogP contribution in [0, 0.1) is 10.1 Å². The van der Waals surface area contributed by atoms with Crippen molar-refractivity contribution < 1.29 is 9.72 Å². The van der Waals surface area contributed by atoms with E-state index in [2.05, 4.69) is 16.3 Å². The number of nitro benzene ring substituents is 1. The van der Waals surface area contributed by atoms with Gasteiger partial charge in [0.25, 0.3) is 5.69 Å². The monoisotopic (exact) mass is 325 g/mol. The van der Waals surface area contributed by atoms with Gasteiger partial charge in [0.2, 0.25) is 5.91 Å². The van der Waals surface area contributed by atoms with Crippen LogP contribution in [0.1, 0.15) is 18.9 Å². The number of nitrogens with one attached hydrogen (secondary N) is 1. The van der Waals surface area contributed by atoms with Crippen molar-refractivity contribution in [1.82, 2.24) is 0 Å². The van der Waals surface area contributed by atoms with Gasteiger partial charge in [-0.15, -0.1) is 0 Å². The normalized spacial score (nSPS) is 14.6. The molecule has 0 bridgehead atoms. The van der Waals surface area contributed by atoms with Crippen LogP contribution >= 0.6 is 0 Å². The van der Waals surface area contributed by atoms with E-state index in [4.69, 9.17) is 0 Å². The van der Waals surface area contributed by atoms with Crippen molar-refractivity contribution in [3.8, 4) is 0 Å². The predicted octanol–water partition coefficient (Wildman–Crippen LogP) is 3.37. The number of amides is 1. The van der Waals surface area contributed by atoms with Gasteiger partial charge in [-0.25, -0.2) is 0 Å². The van der Waals surface area contributed by atoms with Crippen LogP contribution < -0.4 is 10.2 Å². The van der Waals surface area contributed by atoms with Gasteiger partial charge < -0.3 is 10.2 Å². The Kier molecular flexibility index (Phi) is 4.46. The average molecular weight is 325 g/mol. The predicted molar refractivity (Wildman–Crippen MR) is 93.3 cm³/mol. The summed E-state index contributed by atoms with van der Waals surface area (Å²) in [5.74, 6) is -0.124. The van der Waals surface area contributed by atoms with E-state index in [-0.39, 0.29) is 17.6 Å². The number of nitrogens with zero attached hydrogens (tertiary/aromatic N) is 2. The Hall–Kier alpha value is -2.89. The van der Waals surface area contributed by atoms with Crippen molar-refractivity contribution >= 4 is 23.0 Å². The van der Waals surface area contributed by atoms with Crippen LogP contribution in [0.2, 0.25) is 0 Å². The van der Waals surface area contributed by atoms with Crippen LogP contribution in [0.25, 0.3) is 0 Å². The van der Waals surface area contributed by atoms with Crippen molar-refractivity contribution in [2.75, 3.05) is 16.8 Å². The molecule has 1 heterocycles. The highest BCUT2D eigenvalue weighted by molar-refractivity contribution is 5.96. The molecular formula is C18H19N3O3. The molecule has 1 atom stereocenters. The lowest BCUT2D eigenvalue weighted by Gasteiger charge is -2.35. The van der Waals surface area contributed by atoms with Gasteiger partial charge in [0.1, 0.15) is 6.04 Å². The molecule has 3 rings (SSSR count). The highest BCUT2D eigenvalue weighted by Gasteiger charge is 2.25. The molecule has 1 unspecified atom stereocenters. The molecule has 1 aliphatic rings. The minimum absolute atomic E-state index is 0.00556. The van der Waals surface area contributed by atoms with Gasteiger partial charge in [0, 0.05) is 30.1 Å². The van der Waals surface area contributed by atoms with Gasteiger partial charge in [-0.2, -0.15) is 0 Å². The second kappa shape index (κ2) is 6.70. The maximum Gasteiger partial charge on any atom is 0.269 e. The van der Waals surface area contributed by atoms with Crippen molar-refractivity contribution in [2.45, 2.75) is 25.8 Å². The van der Waals surface area contributed by atoms with E-state index < -0.39 is 4.92 Å². The summed E-state index contributed by atoms with van der Waals surface area (Å²) in [6.45, 7) is 2.72. The molecule has 0 spiro atoms. The van der Waals surface area contributed by atoms with Gasteiger partial charge in [0.05, 0.1) is 4.92 Å². The van der Waals surface area contributed by atoms with E-state index in [0.29, 0.717) is 5.69 Å². The number of carbonyl (C=O) groups is 1. The first-order chi connectivity index (χ1) is 11.6. The van der Waals surface area contributed by atoms with Crippen molar-refractivity contribution in [3.63, 3.8) is 0 Å². The number of fused-ring (bicyclic) bond motifs is 1. The molecule has 6 nitrogen and oxygen atoms in total. The summed E-state index contributed by atoms with van der Waals surface area (Å²) < 4.78 is 0. The largest absolute Gasteiger partial charge is 0.360 e. The van der Waals surface area contributed by atoms with E-state index in [1.54, 1.807) is 12.1 Å². The number of anilines is 2. The Morgan fingerprint density at radius 2 is 1.92 bits per heavy atom. The van der Waals surface area contributed by atoms with E-state index in [0.717, 1.165) is 25.1 Å². The summed E-state index contributed by atoms with van der Waals surface area (Å²) in [6, 6.07) is 13.7. The number of carbonyl (C=O) groups excluding carboxylic acids is 1. The van der Waals surface area contributed by atoms with Crippen molar-refractivity contribution in [3.05, 3.63) is 64.2 Å². The zero-order valence-electron chi connectivity index (χ0n) is 13.4. The topological polar surface area (TPSA) is 75.5 Å². The molecule has 1 aliphatic heterocycles. The minimum atomic E-state index is -0.459. The fraction of sp³-hybridized carbons (Fsp3) is 0.278. The summed E-state index contributed by atoms with van der Waals surface area (Å²) in [7, 11) is 0. The second-order valence-corrected chi connectivity index (χ2v) is 5.89. The third kappa shape index (κ3) is 3.22. The van der Waals surface area contributed by atoms with E-state index in [1.807, 2.05) is 25.1 Å². The SMILES string of the molecule is CC(C(=O)Nc1ccc([N+](=O)[O-])cc1)N1CCCc2ccccc21. The quantitative estimate of drug-likeness (QED) is 0.691. The molecule has 2 aromatic carbocycles. The molecule has 1 N–H and O–H groups in total. The number of aryl methyl sites for hydroxylation is 1. The number of rotatable bonds is 4. The molecule has 0 fully saturated rings. The summed E-state index contributed by atoms with van der Waals surface area (Å²) in [5.41, 5.74) is 2.93. The summed E-state index contributed by atoms with van der Waals surface area (Å²) in [4.78, 5) is 24.9. The Bertz CT molecular complexity index is 758. The first kappa shape index (κ1) is 16.0. The maximum atomic E-state index is 12.6. The summed E-state index contributed by atoms with van der Waals surface area (Å²) in [6.07, 6.45) is 2.05. The summed E-state index contributed by atoms with van der Waals surface area (Å²) in [5, 5.41) is 13.5. The zero-order valence-corrected chi connectivity index (χ0v) is 13.4. The van der Waals surface area contributed by atoms with Gasteiger partial charge in [0.15, 0.2) is 0 Å². The molecule has 0 aromatic heterocycles. The van der Waals surface area contributed by atoms with Crippen LogP contribution in [0.3, 0.4) is 0 Å². The number of nitro groups is 1. The van der Waals surface area contributed by atoms with Crippen molar-refractivity contribution in [1.29, 1.82) is 0 Å². The molecule has 24 heavy (non-hydrogen) atoms. The van der Waals surface area contributed by atoms with Crippen LogP contribution in [-0.4, -0.2) is 23.4 Å². The number of benzene rings is 2. The van der Waals surface area contributed by atoms with Gasteiger partial charge >= 0.3 is 0 Å². The molecular weight excluding hydrogens is 306 g/mol. The third-order valence-corrected chi connectivity index (χ3v) is 4.34. The fourth-order valence-corrected chi connectivity index (χ4v) is 3.02. The van der Waals surface area contributed by atoms with Crippen LogP contribution in [0.4, 0.5) is 17.1 Å². The zero-order chi connectivity index (χ0) is 17.1. The van der Waals surface area contributed by atoms with Gasteiger partial charge in [-0.3, -0.25) is 14.9 Å². The lowest BCUT2D eigenvalue weighted by molar-refractivity contribution is -0.384. The Morgan fingerprint density at radius 3 is 2.62 bits per heavy atom. The third-order valence-electron chi connectivity index (χ3n) is 4.34. The molecule has 0 saturated heterocycles. The number of para-hydroxylation sites is 1. The highest BCUT2D eigenvalue weighted by atomic mass is 16.6. The Morgan fingerprint density at radius 1 is 1.21 bits per heavy atom. The van der Waals surface area contributed by atoms with Crippen LogP contribution in [0.15, 0.2) is 48.5 Å². The van der Waals surface area contributed by atoms with E-state index >= 15 is 0 Å². The van der Waals surface area contributed by atoms with Crippen LogP contribution in [0.5, 0.6) is 0 Å². The first-order valence-corrected chi connectivity index (χ1v) is 7.96. The molecule has 0 saturated carbocycles. The number of hydrogen-bond acceptors (Lipinski definition) is 4.